The number of rotatable bonds is 6. The highest BCUT2D eigenvalue weighted by molar-refractivity contribution is 7.10. The summed E-state index contributed by atoms with van der Waals surface area (Å²) in [5.41, 5.74) is 4.08. The number of carbonyl (C=O) groups excluding carboxylic acids is 2. The van der Waals surface area contributed by atoms with Gasteiger partial charge in [-0.15, -0.1) is 11.3 Å². The van der Waals surface area contributed by atoms with Crippen LogP contribution in [0.1, 0.15) is 21.1 Å². The maximum absolute atomic E-state index is 13.0. The van der Waals surface area contributed by atoms with E-state index in [1.165, 1.54) is 10.5 Å². The lowest BCUT2D eigenvalue weighted by Gasteiger charge is -2.29. The maximum atomic E-state index is 13.0. The normalized spacial score (nSPS) is 13.0. The Morgan fingerprint density at radius 1 is 1.00 bits per heavy atom. The zero-order valence-corrected chi connectivity index (χ0v) is 19.5. The van der Waals surface area contributed by atoms with Crippen LogP contribution < -0.4 is 9.64 Å². The van der Waals surface area contributed by atoms with E-state index in [9.17, 15) is 9.59 Å². The number of furan rings is 1. The Kier molecular flexibility index (Phi) is 5.39. The van der Waals surface area contributed by atoms with E-state index in [0.717, 1.165) is 28.1 Å². The molecular formula is C28H20N2O4S. The third-order valence-electron chi connectivity index (χ3n) is 5.95. The summed E-state index contributed by atoms with van der Waals surface area (Å²) in [6.07, 6.45) is 0.760. The zero-order chi connectivity index (χ0) is 23.8. The van der Waals surface area contributed by atoms with Crippen molar-refractivity contribution in [1.29, 1.82) is 0 Å². The van der Waals surface area contributed by atoms with Gasteiger partial charge < -0.3 is 9.15 Å². The monoisotopic (exact) mass is 480 g/mol. The summed E-state index contributed by atoms with van der Waals surface area (Å²) in [5.74, 6) is 0.243. The van der Waals surface area contributed by atoms with Crippen LogP contribution in [0.25, 0.3) is 22.2 Å². The first-order valence-electron chi connectivity index (χ1n) is 11.2. The van der Waals surface area contributed by atoms with Crippen molar-refractivity contribution in [1.82, 2.24) is 4.98 Å². The van der Waals surface area contributed by atoms with Gasteiger partial charge in [0, 0.05) is 22.8 Å². The molecule has 3 aromatic carbocycles. The van der Waals surface area contributed by atoms with Gasteiger partial charge in [-0.2, -0.15) is 0 Å². The summed E-state index contributed by atoms with van der Waals surface area (Å²) in [6.45, 7) is -0.244. The molecule has 3 heterocycles. The third-order valence-corrected chi connectivity index (χ3v) is 6.80. The van der Waals surface area contributed by atoms with E-state index in [4.69, 9.17) is 14.1 Å². The van der Waals surface area contributed by atoms with Crippen molar-refractivity contribution >= 4 is 39.7 Å². The molecule has 35 heavy (non-hydrogen) atoms. The molecule has 5 aromatic rings. The van der Waals surface area contributed by atoms with E-state index >= 15 is 0 Å². The molecule has 0 spiro atoms. The number of benzene rings is 3. The number of thiazole rings is 1. The van der Waals surface area contributed by atoms with E-state index < -0.39 is 0 Å². The van der Waals surface area contributed by atoms with Gasteiger partial charge in [0.15, 0.2) is 12.4 Å². The van der Waals surface area contributed by atoms with Crippen molar-refractivity contribution in [3.05, 3.63) is 101 Å². The number of nitrogens with zero attached hydrogens (tertiary/aromatic N) is 2. The minimum absolute atomic E-state index is 0.113. The first-order valence-corrected chi connectivity index (χ1v) is 12.1. The topological polar surface area (TPSA) is 72.6 Å². The van der Waals surface area contributed by atoms with Gasteiger partial charge in [0.05, 0.1) is 22.9 Å². The van der Waals surface area contributed by atoms with Crippen molar-refractivity contribution in [2.24, 2.45) is 0 Å². The van der Waals surface area contributed by atoms with Gasteiger partial charge in [0.1, 0.15) is 11.3 Å². The highest BCUT2D eigenvalue weighted by Gasteiger charge is 2.29. The molecule has 0 saturated heterocycles. The van der Waals surface area contributed by atoms with E-state index in [1.807, 2.05) is 66.0 Å². The van der Waals surface area contributed by atoms with Crippen LogP contribution in [0.15, 0.2) is 88.7 Å². The number of ketones is 1. The molecule has 6 rings (SSSR count). The lowest BCUT2D eigenvalue weighted by atomic mass is 10.1. The highest BCUT2D eigenvalue weighted by atomic mass is 32.1. The van der Waals surface area contributed by atoms with Crippen LogP contribution in [0.5, 0.6) is 5.75 Å². The fourth-order valence-electron chi connectivity index (χ4n) is 4.17. The fourth-order valence-corrected chi connectivity index (χ4v) is 5.01. The van der Waals surface area contributed by atoms with Gasteiger partial charge in [-0.25, -0.2) is 4.98 Å². The summed E-state index contributed by atoms with van der Waals surface area (Å²) in [6, 6.07) is 25.0. The average molecular weight is 481 g/mol. The molecule has 0 radical (unpaired) electrons. The maximum Gasteiger partial charge on any atom is 0.265 e. The summed E-state index contributed by atoms with van der Waals surface area (Å²) in [4.78, 5) is 32.0. The summed E-state index contributed by atoms with van der Waals surface area (Å²) < 4.78 is 11.3. The number of hydrogen-bond donors (Lipinski definition) is 0. The van der Waals surface area contributed by atoms with E-state index in [1.54, 1.807) is 17.4 Å². The summed E-state index contributed by atoms with van der Waals surface area (Å²) in [5, 5.41) is 3.87. The van der Waals surface area contributed by atoms with Crippen LogP contribution in [0.2, 0.25) is 0 Å². The molecule has 0 saturated carbocycles. The van der Waals surface area contributed by atoms with Crippen LogP contribution in [0.3, 0.4) is 0 Å². The Morgan fingerprint density at radius 3 is 2.69 bits per heavy atom. The molecule has 172 valence electrons. The molecule has 6 nitrogen and oxygen atoms in total. The van der Waals surface area contributed by atoms with Gasteiger partial charge in [-0.05, 0) is 35.9 Å². The molecule has 0 fully saturated rings. The van der Waals surface area contributed by atoms with Crippen LogP contribution in [0, 0.1) is 0 Å². The van der Waals surface area contributed by atoms with Crippen molar-refractivity contribution in [2.45, 2.75) is 6.42 Å². The summed E-state index contributed by atoms with van der Waals surface area (Å²) in [7, 11) is 0. The van der Waals surface area contributed by atoms with Crippen molar-refractivity contribution in [3.63, 3.8) is 0 Å². The van der Waals surface area contributed by atoms with Gasteiger partial charge in [-0.1, -0.05) is 48.5 Å². The average Bonchev–Trinajstić information content (AvgIpc) is 3.53. The van der Waals surface area contributed by atoms with E-state index in [-0.39, 0.29) is 30.6 Å². The minimum Gasteiger partial charge on any atom is -0.482 e. The fraction of sp³-hybridized carbons (Fsp3) is 0.107. The van der Waals surface area contributed by atoms with Gasteiger partial charge >= 0.3 is 0 Å². The van der Waals surface area contributed by atoms with Gasteiger partial charge in [0.2, 0.25) is 5.78 Å². The second-order valence-electron chi connectivity index (χ2n) is 8.31. The van der Waals surface area contributed by atoms with Crippen LogP contribution in [-0.4, -0.2) is 29.8 Å². The zero-order valence-electron chi connectivity index (χ0n) is 18.6. The van der Waals surface area contributed by atoms with Crippen molar-refractivity contribution in [2.75, 3.05) is 18.1 Å². The SMILES string of the molecule is O=C(CN1C(=O)COc2ccc(-c3csc(Cc4ccccc4)n3)cc21)c1cc2ccccc2o1. The largest absolute Gasteiger partial charge is 0.482 e. The van der Waals surface area contributed by atoms with E-state index in [0.29, 0.717) is 17.0 Å². The molecule has 2 aromatic heterocycles. The lowest BCUT2D eigenvalue weighted by Crippen LogP contribution is -2.42. The number of hydrogen-bond acceptors (Lipinski definition) is 6. The molecule has 0 atom stereocenters. The molecule has 0 unspecified atom stereocenters. The standard InChI is InChI=1S/C28H20N2O4S/c31-23(26-14-20-8-4-5-9-24(20)34-26)15-30-22-13-19(10-11-25(22)33-16-28(30)32)21-17-35-27(29-21)12-18-6-2-1-3-7-18/h1-11,13-14,17H,12,15-16H2. The molecule has 1 aliphatic heterocycles. The van der Waals surface area contributed by atoms with Gasteiger partial charge in [0.25, 0.3) is 5.91 Å². The second-order valence-corrected chi connectivity index (χ2v) is 9.25. The molecule has 0 N–H and O–H groups in total. The Bertz CT molecular complexity index is 1520. The number of amides is 1. The quantitative estimate of drug-likeness (QED) is 0.289. The lowest BCUT2D eigenvalue weighted by molar-refractivity contribution is -0.121. The molecule has 1 aliphatic rings. The summed E-state index contributed by atoms with van der Waals surface area (Å²) >= 11 is 1.60. The van der Waals surface area contributed by atoms with Crippen LogP contribution in [-0.2, 0) is 11.2 Å². The highest BCUT2D eigenvalue weighted by Crippen LogP contribution is 2.37. The number of aromatic nitrogens is 1. The van der Waals surface area contributed by atoms with Crippen LogP contribution >= 0.6 is 11.3 Å². The van der Waals surface area contributed by atoms with Crippen molar-refractivity contribution < 1.29 is 18.7 Å². The molecule has 1 amide bonds. The third kappa shape index (κ3) is 4.22. The number of para-hydroxylation sites is 1. The Hall–Kier alpha value is -4.23. The number of ether oxygens (including phenoxy) is 1. The number of carbonyl (C=O) groups is 2. The molecular weight excluding hydrogens is 460 g/mol. The molecule has 7 heteroatoms. The number of anilines is 1. The smallest absolute Gasteiger partial charge is 0.265 e. The van der Waals surface area contributed by atoms with Crippen molar-refractivity contribution in [3.8, 4) is 17.0 Å². The predicted molar refractivity (Wildman–Crippen MR) is 135 cm³/mol. The first-order chi connectivity index (χ1) is 17.1. The Balaban J connectivity index is 1.27. The number of Topliss-reactive ketones (excluding diaryl/α,β-unsaturated/α-hetero) is 1. The van der Waals surface area contributed by atoms with Crippen LogP contribution in [0.4, 0.5) is 5.69 Å². The minimum atomic E-state index is -0.276. The Labute approximate surface area is 205 Å². The number of fused-ring (bicyclic) bond motifs is 2. The predicted octanol–water partition coefficient (Wildman–Crippen LogP) is 5.76. The van der Waals surface area contributed by atoms with E-state index in [2.05, 4.69) is 12.1 Å². The Morgan fingerprint density at radius 2 is 1.83 bits per heavy atom. The van der Waals surface area contributed by atoms with Gasteiger partial charge in [-0.3, -0.25) is 14.5 Å². The molecule has 0 bridgehead atoms. The second kappa shape index (κ2) is 8.85. The molecule has 0 aliphatic carbocycles. The first kappa shape index (κ1) is 21.3.